The zero-order valence-corrected chi connectivity index (χ0v) is 14.0. The quantitative estimate of drug-likeness (QED) is 0.631. The van der Waals surface area contributed by atoms with E-state index in [1.165, 1.54) is 11.3 Å². The SMILES string of the molecule is O=C1Nc2sc(C(=O)NCc3ccccc3)cc2/C1=C/c1ccc[nH]1. The largest absolute Gasteiger partial charge is 0.362 e. The van der Waals surface area contributed by atoms with Crippen LogP contribution in [0, 0.1) is 0 Å². The van der Waals surface area contributed by atoms with Gasteiger partial charge in [0.1, 0.15) is 5.00 Å². The van der Waals surface area contributed by atoms with Gasteiger partial charge in [-0.1, -0.05) is 30.3 Å². The molecule has 25 heavy (non-hydrogen) atoms. The van der Waals surface area contributed by atoms with Crippen molar-refractivity contribution in [3.8, 4) is 0 Å². The number of carbonyl (C=O) groups excluding carboxylic acids is 2. The highest BCUT2D eigenvalue weighted by Gasteiger charge is 2.28. The second-order valence-electron chi connectivity index (χ2n) is 5.66. The Balaban J connectivity index is 1.53. The average molecular weight is 349 g/mol. The molecule has 124 valence electrons. The third-order valence-corrected chi connectivity index (χ3v) is 4.98. The molecule has 1 aliphatic heterocycles. The first-order chi connectivity index (χ1) is 12.2. The van der Waals surface area contributed by atoms with Gasteiger partial charge in [-0.25, -0.2) is 0 Å². The number of hydrogen-bond donors (Lipinski definition) is 3. The van der Waals surface area contributed by atoms with Gasteiger partial charge in [0.05, 0.1) is 10.5 Å². The summed E-state index contributed by atoms with van der Waals surface area (Å²) in [7, 11) is 0. The minimum Gasteiger partial charge on any atom is -0.362 e. The Hall–Kier alpha value is -3.12. The van der Waals surface area contributed by atoms with Crippen LogP contribution in [0.3, 0.4) is 0 Å². The number of thiophene rings is 1. The molecule has 2 amide bonds. The third kappa shape index (κ3) is 3.12. The van der Waals surface area contributed by atoms with Crippen molar-refractivity contribution < 1.29 is 9.59 Å². The van der Waals surface area contributed by atoms with E-state index in [0.717, 1.165) is 16.8 Å². The monoisotopic (exact) mass is 349 g/mol. The maximum Gasteiger partial charge on any atom is 0.261 e. The van der Waals surface area contributed by atoms with Gasteiger partial charge in [-0.15, -0.1) is 11.3 Å². The topological polar surface area (TPSA) is 74.0 Å². The van der Waals surface area contributed by atoms with E-state index in [1.807, 2.05) is 42.5 Å². The van der Waals surface area contributed by atoms with Gasteiger partial charge in [0.2, 0.25) is 0 Å². The van der Waals surface area contributed by atoms with Crippen molar-refractivity contribution in [3.63, 3.8) is 0 Å². The van der Waals surface area contributed by atoms with Crippen LogP contribution in [-0.4, -0.2) is 16.8 Å². The van der Waals surface area contributed by atoms with Gasteiger partial charge < -0.3 is 15.6 Å². The summed E-state index contributed by atoms with van der Waals surface area (Å²) in [6.45, 7) is 0.472. The second kappa shape index (κ2) is 6.41. The van der Waals surface area contributed by atoms with Gasteiger partial charge in [-0.2, -0.15) is 0 Å². The maximum atomic E-state index is 12.4. The molecule has 0 unspecified atom stereocenters. The van der Waals surface area contributed by atoms with Crippen LogP contribution in [0.15, 0.2) is 54.7 Å². The highest BCUT2D eigenvalue weighted by molar-refractivity contribution is 7.18. The Labute approximate surface area is 148 Å². The second-order valence-corrected chi connectivity index (χ2v) is 6.71. The molecule has 3 N–H and O–H groups in total. The Morgan fingerprint density at radius 3 is 2.76 bits per heavy atom. The lowest BCUT2D eigenvalue weighted by molar-refractivity contribution is -0.110. The normalized spacial score (nSPS) is 14.4. The Morgan fingerprint density at radius 1 is 1.16 bits per heavy atom. The van der Waals surface area contributed by atoms with Crippen LogP contribution in [0.2, 0.25) is 0 Å². The summed E-state index contributed by atoms with van der Waals surface area (Å²) in [5.74, 6) is -0.288. The van der Waals surface area contributed by atoms with E-state index in [1.54, 1.807) is 18.3 Å². The van der Waals surface area contributed by atoms with Crippen molar-refractivity contribution in [2.75, 3.05) is 5.32 Å². The number of aromatic amines is 1. The summed E-state index contributed by atoms with van der Waals surface area (Å²) >= 11 is 1.29. The number of nitrogens with one attached hydrogen (secondary N) is 3. The molecule has 3 heterocycles. The molecule has 6 heteroatoms. The molecular formula is C19H15N3O2S. The summed E-state index contributed by atoms with van der Waals surface area (Å²) in [6, 6.07) is 15.3. The summed E-state index contributed by atoms with van der Waals surface area (Å²) in [4.78, 5) is 28.1. The van der Waals surface area contributed by atoms with Crippen molar-refractivity contribution in [2.45, 2.75) is 6.54 Å². The highest BCUT2D eigenvalue weighted by Crippen LogP contribution is 2.39. The van der Waals surface area contributed by atoms with E-state index in [2.05, 4.69) is 15.6 Å². The first-order valence-corrected chi connectivity index (χ1v) is 8.65. The average Bonchev–Trinajstić information content (AvgIpc) is 3.33. The molecule has 5 nitrogen and oxygen atoms in total. The molecule has 4 rings (SSSR count). The zero-order chi connectivity index (χ0) is 17.2. The van der Waals surface area contributed by atoms with E-state index < -0.39 is 0 Å². The Kier molecular flexibility index (Phi) is 3.95. The lowest BCUT2D eigenvalue weighted by Crippen LogP contribution is -2.21. The van der Waals surface area contributed by atoms with Gasteiger partial charge in [0.15, 0.2) is 0 Å². The van der Waals surface area contributed by atoms with Crippen LogP contribution in [0.1, 0.15) is 26.5 Å². The number of benzene rings is 1. The number of carbonyl (C=O) groups is 2. The van der Waals surface area contributed by atoms with Crippen LogP contribution >= 0.6 is 11.3 Å². The molecule has 0 saturated carbocycles. The first kappa shape index (κ1) is 15.4. The van der Waals surface area contributed by atoms with E-state index in [-0.39, 0.29) is 11.8 Å². The number of rotatable bonds is 4. The molecule has 0 aliphatic carbocycles. The number of fused-ring (bicyclic) bond motifs is 1. The van der Waals surface area contributed by atoms with Gasteiger partial charge in [-0.3, -0.25) is 9.59 Å². The minimum atomic E-state index is -0.146. The van der Waals surface area contributed by atoms with Gasteiger partial charge >= 0.3 is 0 Å². The lowest BCUT2D eigenvalue weighted by Gasteiger charge is -2.03. The van der Waals surface area contributed by atoms with Crippen molar-refractivity contribution in [3.05, 3.63) is 76.4 Å². The number of hydrogen-bond acceptors (Lipinski definition) is 3. The van der Waals surface area contributed by atoms with Crippen molar-refractivity contribution in [1.29, 1.82) is 0 Å². The molecule has 1 aliphatic rings. The summed E-state index contributed by atoms with van der Waals surface area (Å²) in [6.07, 6.45) is 3.59. The fourth-order valence-electron chi connectivity index (χ4n) is 2.69. The van der Waals surface area contributed by atoms with Crippen LogP contribution in [0.25, 0.3) is 11.6 Å². The molecule has 0 bridgehead atoms. The first-order valence-electron chi connectivity index (χ1n) is 7.83. The van der Waals surface area contributed by atoms with Crippen molar-refractivity contribution >= 4 is 39.8 Å². The number of aromatic nitrogens is 1. The predicted molar refractivity (Wildman–Crippen MR) is 99.2 cm³/mol. The van der Waals surface area contributed by atoms with E-state index in [9.17, 15) is 9.59 Å². The van der Waals surface area contributed by atoms with Crippen LogP contribution in [-0.2, 0) is 11.3 Å². The fraction of sp³-hybridized carbons (Fsp3) is 0.0526. The predicted octanol–water partition coefficient (Wildman–Crippen LogP) is 3.50. The zero-order valence-electron chi connectivity index (χ0n) is 13.2. The van der Waals surface area contributed by atoms with Crippen LogP contribution < -0.4 is 10.6 Å². The standard InChI is InChI=1S/C19H15N3O2S/c23-17-14(9-13-7-4-8-20-13)15-10-16(25-19(15)22-17)18(24)21-11-12-5-2-1-3-6-12/h1-10,20H,11H2,(H,21,24)(H,22,23)/b14-9-. The smallest absolute Gasteiger partial charge is 0.261 e. The van der Waals surface area contributed by atoms with Crippen molar-refractivity contribution in [2.24, 2.45) is 0 Å². The summed E-state index contributed by atoms with van der Waals surface area (Å²) in [5, 5.41) is 6.45. The molecule has 3 aromatic rings. The molecule has 0 radical (unpaired) electrons. The van der Waals surface area contributed by atoms with Gasteiger partial charge in [-0.05, 0) is 29.8 Å². The lowest BCUT2D eigenvalue weighted by atomic mass is 10.1. The third-order valence-electron chi connectivity index (χ3n) is 3.94. The number of anilines is 1. The molecule has 2 aromatic heterocycles. The van der Waals surface area contributed by atoms with Crippen molar-refractivity contribution in [1.82, 2.24) is 10.3 Å². The number of H-pyrrole nitrogens is 1. The molecule has 0 saturated heterocycles. The molecule has 1 aromatic carbocycles. The molecule has 0 atom stereocenters. The van der Waals surface area contributed by atoms with E-state index in [4.69, 9.17) is 0 Å². The Morgan fingerprint density at radius 2 is 2.00 bits per heavy atom. The number of amides is 2. The minimum absolute atomic E-state index is 0.142. The van der Waals surface area contributed by atoms with E-state index >= 15 is 0 Å². The maximum absolute atomic E-state index is 12.4. The highest BCUT2D eigenvalue weighted by atomic mass is 32.1. The van der Waals surface area contributed by atoms with Crippen LogP contribution in [0.4, 0.5) is 5.00 Å². The molecule has 0 spiro atoms. The molecule has 0 fully saturated rings. The van der Waals surface area contributed by atoms with Crippen LogP contribution in [0.5, 0.6) is 0 Å². The molecular weight excluding hydrogens is 334 g/mol. The fourth-order valence-corrected chi connectivity index (χ4v) is 3.67. The van der Waals surface area contributed by atoms with Gasteiger partial charge in [0.25, 0.3) is 11.8 Å². The summed E-state index contributed by atoms with van der Waals surface area (Å²) in [5.41, 5.74) is 3.23. The Bertz CT molecular complexity index is 956. The summed E-state index contributed by atoms with van der Waals surface area (Å²) < 4.78 is 0. The van der Waals surface area contributed by atoms with E-state index in [0.29, 0.717) is 22.0 Å². The van der Waals surface area contributed by atoms with Gasteiger partial charge in [0, 0.05) is 24.0 Å².